The maximum Gasteiger partial charge on any atom is 0.251 e. The second-order valence-electron chi connectivity index (χ2n) is 6.09. The number of hydrogen-bond acceptors (Lipinski definition) is 4. The number of nitrogens with one attached hydrogen (secondary N) is 1. The number of nitrogens with zero attached hydrogens (tertiary/aromatic N) is 1. The van der Waals surface area contributed by atoms with Gasteiger partial charge in [-0.1, -0.05) is 19.3 Å². The Kier molecular flexibility index (Phi) is 6.77. The second kappa shape index (κ2) is 8.60. The minimum atomic E-state index is -3.52. The fraction of sp³-hybridized carbons (Fsp3) is 0.588. The summed E-state index contributed by atoms with van der Waals surface area (Å²) in [6.07, 6.45) is 5.15. The minimum Gasteiger partial charge on any atom is -0.383 e. The number of carbonyl (C=O) groups excluding carboxylic acids is 1. The predicted octanol–water partition coefficient (Wildman–Crippen LogP) is 2.02. The van der Waals surface area contributed by atoms with Crippen LogP contribution in [-0.2, 0) is 14.8 Å². The van der Waals surface area contributed by atoms with Gasteiger partial charge < -0.3 is 10.1 Å². The lowest BCUT2D eigenvalue weighted by Crippen LogP contribution is -2.38. The van der Waals surface area contributed by atoms with Crippen LogP contribution in [0.15, 0.2) is 29.2 Å². The molecule has 24 heavy (non-hydrogen) atoms. The Morgan fingerprint density at radius 3 is 2.42 bits per heavy atom. The molecule has 1 aliphatic rings. The van der Waals surface area contributed by atoms with E-state index in [1.807, 2.05) is 0 Å². The SMILES string of the molecule is COCCNC(=O)c1ccc(S(=O)(=O)N(C)C2CCCCC2)cc1. The standard InChI is InChI=1S/C17H26N2O4S/c1-19(15-6-4-3-5-7-15)24(21,22)16-10-8-14(9-11-16)17(20)18-12-13-23-2/h8-11,15H,3-7,12-13H2,1-2H3,(H,18,20). The molecule has 1 saturated carbocycles. The summed E-state index contributed by atoms with van der Waals surface area (Å²) in [5.74, 6) is -0.239. The number of amides is 1. The molecule has 0 spiro atoms. The maximum atomic E-state index is 12.7. The van der Waals surface area contributed by atoms with Crippen molar-refractivity contribution < 1.29 is 17.9 Å². The van der Waals surface area contributed by atoms with Gasteiger partial charge >= 0.3 is 0 Å². The molecule has 1 aliphatic carbocycles. The number of ether oxygens (including phenoxy) is 1. The lowest BCUT2D eigenvalue weighted by atomic mass is 9.96. The van der Waals surface area contributed by atoms with Crippen molar-refractivity contribution in [3.05, 3.63) is 29.8 Å². The Morgan fingerprint density at radius 2 is 1.83 bits per heavy atom. The largest absolute Gasteiger partial charge is 0.383 e. The third kappa shape index (κ3) is 4.55. The van der Waals surface area contributed by atoms with Crippen molar-refractivity contribution in [1.29, 1.82) is 0 Å². The molecule has 134 valence electrons. The van der Waals surface area contributed by atoms with E-state index in [1.165, 1.54) is 22.9 Å². The van der Waals surface area contributed by atoms with Crippen LogP contribution >= 0.6 is 0 Å². The third-order valence-corrected chi connectivity index (χ3v) is 6.40. The van der Waals surface area contributed by atoms with E-state index in [-0.39, 0.29) is 16.8 Å². The van der Waals surface area contributed by atoms with E-state index in [0.29, 0.717) is 18.7 Å². The van der Waals surface area contributed by atoms with Crippen LogP contribution < -0.4 is 5.32 Å². The predicted molar refractivity (Wildman–Crippen MR) is 92.5 cm³/mol. The third-order valence-electron chi connectivity index (χ3n) is 4.47. The lowest BCUT2D eigenvalue weighted by Gasteiger charge is -2.30. The molecular weight excluding hydrogens is 328 g/mol. The van der Waals surface area contributed by atoms with E-state index in [1.54, 1.807) is 26.3 Å². The number of benzene rings is 1. The van der Waals surface area contributed by atoms with Crippen molar-refractivity contribution in [2.75, 3.05) is 27.3 Å². The number of methoxy groups -OCH3 is 1. The molecule has 0 aromatic heterocycles. The molecule has 1 N–H and O–H groups in total. The molecular formula is C17H26N2O4S. The van der Waals surface area contributed by atoms with Crippen LogP contribution in [0.1, 0.15) is 42.5 Å². The zero-order valence-electron chi connectivity index (χ0n) is 14.3. The summed E-state index contributed by atoms with van der Waals surface area (Å²) < 4.78 is 31.8. The maximum absolute atomic E-state index is 12.7. The fourth-order valence-electron chi connectivity index (χ4n) is 2.95. The van der Waals surface area contributed by atoms with Gasteiger partial charge in [-0.25, -0.2) is 8.42 Å². The van der Waals surface area contributed by atoms with Gasteiger partial charge in [0, 0.05) is 32.3 Å². The molecule has 0 aliphatic heterocycles. The van der Waals surface area contributed by atoms with Gasteiger partial charge in [-0.2, -0.15) is 4.31 Å². The average molecular weight is 354 g/mol. The van der Waals surface area contributed by atoms with Crippen LogP contribution in [0.25, 0.3) is 0 Å². The van der Waals surface area contributed by atoms with Crippen LogP contribution in [0.2, 0.25) is 0 Å². The molecule has 6 nitrogen and oxygen atoms in total. The first-order valence-electron chi connectivity index (χ1n) is 8.32. The first kappa shape index (κ1) is 18.9. The quantitative estimate of drug-likeness (QED) is 0.760. The summed E-state index contributed by atoms with van der Waals surface area (Å²) in [5.41, 5.74) is 0.436. The van der Waals surface area contributed by atoms with Crippen LogP contribution in [0.4, 0.5) is 0 Å². The van der Waals surface area contributed by atoms with Gasteiger partial charge in [0.15, 0.2) is 0 Å². The van der Waals surface area contributed by atoms with Crippen molar-refractivity contribution in [3.63, 3.8) is 0 Å². The van der Waals surface area contributed by atoms with Gasteiger partial charge in [0.25, 0.3) is 5.91 Å². The van der Waals surface area contributed by atoms with Crippen LogP contribution in [0.5, 0.6) is 0 Å². The summed E-state index contributed by atoms with van der Waals surface area (Å²) in [6.45, 7) is 0.851. The molecule has 0 atom stereocenters. The monoisotopic (exact) mass is 354 g/mol. The topological polar surface area (TPSA) is 75.7 Å². The molecule has 0 heterocycles. The lowest BCUT2D eigenvalue weighted by molar-refractivity contribution is 0.0937. The molecule has 1 fully saturated rings. The number of sulfonamides is 1. The Labute approximate surface area is 144 Å². The molecule has 0 saturated heterocycles. The molecule has 1 amide bonds. The van der Waals surface area contributed by atoms with Crippen molar-refractivity contribution in [2.45, 2.75) is 43.0 Å². The fourth-order valence-corrected chi connectivity index (χ4v) is 4.37. The normalized spacial score (nSPS) is 16.3. The summed E-state index contributed by atoms with van der Waals surface area (Å²) in [4.78, 5) is 12.2. The van der Waals surface area contributed by atoms with Crippen molar-refractivity contribution in [2.24, 2.45) is 0 Å². The summed E-state index contributed by atoms with van der Waals surface area (Å²) in [5, 5.41) is 2.71. The van der Waals surface area contributed by atoms with Crippen LogP contribution in [0.3, 0.4) is 0 Å². The molecule has 0 unspecified atom stereocenters. The molecule has 0 radical (unpaired) electrons. The first-order chi connectivity index (χ1) is 11.5. The Morgan fingerprint density at radius 1 is 1.21 bits per heavy atom. The second-order valence-corrected chi connectivity index (χ2v) is 8.08. The van der Waals surface area contributed by atoms with Gasteiger partial charge in [0.1, 0.15) is 0 Å². The Bertz CT molecular complexity index is 637. The van der Waals surface area contributed by atoms with Crippen molar-refractivity contribution >= 4 is 15.9 Å². The summed E-state index contributed by atoms with van der Waals surface area (Å²) >= 11 is 0. The van der Waals surface area contributed by atoms with E-state index in [9.17, 15) is 13.2 Å². The van der Waals surface area contributed by atoms with E-state index in [2.05, 4.69) is 5.32 Å². The smallest absolute Gasteiger partial charge is 0.251 e. The van der Waals surface area contributed by atoms with Crippen LogP contribution in [-0.4, -0.2) is 52.0 Å². The highest BCUT2D eigenvalue weighted by Crippen LogP contribution is 2.26. The Balaban J connectivity index is 2.06. The van der Waals surface area contributed by atoms with Crippen molar-refractivity contribution in [3.8, 4) is 0 Å². The molecule has 1 aromatic carbocycles. The van der Waals surface area contributed by atoms with E-state index in [0.717, 1.165) is 25.7 Å². The number of hydrogen-bond donors (Lipinski definition) is 1. The molecule has 2 rings (SSSR count). The van der Waals surface area contributed by atoms with Gasteiger partial charge in [-0.05, 0) is 37.1 Å². The Hall–Kier alpha value is -1.44. The summed E-state index contributed by atoms with van der Waals surface area (Å²) in [7, 11) is -0.307. The number of rotatable bonds is 7. The van der Waals surface area contributed by atoms with Crippen LogP contribution in [0, 0.1) is 0 Å². The molecule has 1 aromatic rings. The zero-order valence-corrected chi connectivity index (χ0v) is 15.1. The van der Waals surface area contributed by atoms with E-state index < -0.39 is 10.0 Å². The summed E-state index contributed by atoms with van der Waals surface area (Å²) in [6, 6.07) is 6.16. The molecule has 0 bridgehead atoms. The highest BCUT2D eigenvalue weighted by molar-refractivity contribution is 7.89. The van der Waals surface area contributed by atoms with Gasteiger partial charge in [0.2, 0.25) is 10.0 Å². The first-order valence-corrected chi connectivity index (χ1v) is 9.76. The van der Waals surface area contributed by atoms with Gasteiger partial charge in [-0.15, -0.1) is 0 Å². The minimum absolute atomic E-state index is 0.0702. The zero-order chi connectivity index (χ0) is 17.6. The highest BCUT2D eigenvalue weighted by atomic mass is 32.2. The van der Waals surface area contributed by atoms with E-state index in [4.69, 9.17) is 4.74 Å². The van der Waals surface area contributed by atoms with Crippen molar-refractivity contribution in [1.82, 2.24) is 9.62 Å². The van der Waals surface area contributed by atoms with Gasteiger partial charge in [-0.3, -0.25) is 4.79 Å². The van der Waals surface area contributed by atoms with E-state index >= 15 is 0 Å². The van der Waals surface area contributed by atoms with Gasteiger partial charge in [0.05, 0.1) is 11.5 Å². The number of carbonyl (C=O) groups is 1. The average Bonchev–Trinajstić information content (AvgIpc) is 2.62. The molecule has 7 heteroatoms. The highest BCUT2D eigenvalue weighted by Gasteiger charge is 2.29.